The minimum absolute atomic E-state index is 0.146. The van der Waals surface area contributed by atoms with Crippen LogP contribution in [-0.4, -0.2) is 8.80 Å². The predicted octanol–water partition coefficient (Wildman–Crippen LogP) is 5.07. The molecule has 0 aromatic heterocycles. The van der Waals surface area contributed by atoms with Crippen LogP contribution in [0.4, 0.5) is 26.3 Å². The highest BCUT2D eigenvalue weighted by molar-refractivity contribution is 6.58. The van der Waals surface area contributed by atoms with Crippen LogP contribution >= 0.6 is 0 Å². The van der Waals surface area contributed by atoms with Crippen LogP contribution in [0.2, 0.25) is 12.1 Å². The van der Waals surface area contributed by atoms with E-state index in [0.29, 0.717) is 6.04 Å². The molecule has 0 bridgehead atoms. The molecule has 0 radical (unpaired) electrons. The summed E-state index contributed by atoms with van der Waals surface area (Å²) in [6, 6.07) is 3.95. The van der Waals surface area contributed by atoms with Gasteiger partial charge in [0.15, 0.2) is 0 Å². The summed E-state index contributed by atoms with van der Waals surface area (Å²) in [5.74, 6) is 0. The van der Waals surface area contributed by atoms with E-state index in [2.05, 4.69) is 0 Å². The predicted molar refractivity (Wildman–Crippen MR) is 68.3 cm³/mol. The van der Waals surface area contributed by atoms with E-state index in [1.165, 1.54) is 0 Å². The monoisotopic (exact) mass is 314 g/mol. The van der Waals surface area contributed by atoms with E-state index >= 15 is 0 Å². The first-order chi connectivity index (χ1) is 9.07. The summed E-state index contributed by atoms with van der Waals surface area (Å²) in [5, 5.41) is 0. The van der Waals surface area contributed by atoms with Crippen LogP contribution < -0.4 is 0 Å². The van der Waals surface area contributed by atoms with Crippen LogP contribution in [0.3, 0.4) is 0 Å². The summed E-state index contributed by atoms with van der Waals surface area (Å²) in [6.45, 7) is 3.86. The van der Waals surface area contributed by atoms with Crippen molar-refractivity contribution in [3.05, 3.63) is 34.9 Å². The Hall–Kier alpha value is -0.983. The van der Waals surface area contributed by atoms with E-state index in [4.69, 9.17) is 0 Å². The maximum atomic E-state index is 12.7. The van der Waals surface area contributed by atoms with Gasteiger partial charge in [-0.25, -0.2) is 0 Å². The van der Waals surface area contributed by atoms with Crippen LogP contribution in [0.15, 0.2) is 18.2 Å². The summed E-state index contributed by atoms with van der Waals surface area (Å²) in [5.41, 5.74) is -2.29. The summed E-state index contributed by atoms with van der Waals surface area (Å²) < 4.78 is 76.1. The van der Waals surface area contributed by atoms with Gasteiger partial charge in [0.2, 0.25) is 0 Å². The molecule has 0 unspecified atom stereocenters. The third-order valence-electron chi connectivity index (χ3n) is 3.33. The van der Waals surface area contributed by atoms with Gasteiger partial charge in [-0.3, -0.25) is 0 Å². The Morgan fingerprint density at radius 1 is 0.800 bits per heavy atom. The molecule has 0 saturated carbocycles. The molecule has 0 saturated heterocycles. The van der Waals surface area contributed by atoms with Crippen molar-refractivity contribution in [3.63, 3.8) is 0 Å². The van der Waals surface area contributed by atoms with Crippen LogP contribution in [0, 0.1) is 0 Å². The number of halogens is 6. The van der Waals surface area contributed by atoms with E-state index in [-0.39, 0.29) is 11.6 Å². The van der Waals surface area contributed by atoms with Crippen molar-refractivity contribution in [3.8, 4) is 0 Å². The SMILES string of the molecule is CC[SiH](CC)Cc1cc(C(F)(F)F)cc(C(F)(F)F)c1. The zero-order valence-electron chi connectivity index (χ0n) is 11.2. The van der Waals surface area contributed by atoms with Gasteiger partial charge in [-0.1, -0.05) is 25.9 Å². The highest BCUT2D eigenvalue weighted by Gasteiger charge is 2.36. The molecule has 0 aliphatic rings. The second-order valence-electron chi connectivity index (χ2n) is 4.80. The molecule has 0 atom stereocenters. The highest BCUT2D eigenvalue weighted by Crippen LogP contribution is 2.36. The van der Waals surface area contributed by atoms with E-state index in [9.17, 15) is 26.3 Å². The smallest absolute Gasteiger partial charge is 0.166 e. The van der Waals surface area contributed by atoms with Crippen molar-refractivity contribution < 1.29 is 26.3 Å². The molecule has 0 spiro atoms. The Kier molecular flexibility index (Phi) is 5.29. The van der Waals surface area contributed by atoms with Crippen LogP contribution in [-0.2, 0) is 18.4 Å². The molecule has 0 nitrogen and oxygen atoms in total. The van der Waals surface area contributed by atoms with Crippen molar-refractivity contribution in [2.45, 2.75) is 44.3 Å². The first-order valence-corrected chi connectivity index (χ1v) is 8.81. The molecule has 0 N–H and O–H groups in total. The second-order valence-corrected chi connectivity index (χ2v) is 8.57. The van der Waals surface area contributed by atoms with E-state index < -0.39 is 32.3 Å². The molecule has 1 aromatic carbocycles. The molecule has 7 heteroatoms. The number of hydrogen-bond acceptors (Lipinski definition) is 0. The largest absolute Gasteiger partial charge is 0.416 e. The fraction of sp³-hybridized carbons (Fsp3) is 0.538. The van der Waals surface area contributed by atoms with E-state index in [1.54, 1.807) is 0 Å². The standard InChI is InChI=1S/C13H16F6Si/c1-3-20(4-2)8-9-5-10(12(14,15)16)7-11(6-9)13(17,18)19/h5-7,20H,3-4,8H2,1-2H3. The average Bonchev–Trinajstić information content (AvgIpc) is 2.33. The zero-order valence-corrected chi connectivity index (χ0v) is 12.4. The van der Waals surface area contributed by atoms with E-state index in [1.807, 2.05) is 13.8 Å². The van der Waals surface area contributed by atoms with Gasteiger partial charge in [-0.15, -0.1) is 0 Å². The summed E-state index contributed by atoms with van der Waals surface area (Å²) in [6.07, 6.45) is -9.52. The van der Waals surface area contributed by atoms with Gasteiger partial charge in [0.05, 0.1) is 11.1 Å². The topological polar surface area (TPSA) is 0 Å². The molecule has 0 fully saturated rings. The van der Waals surface area contributed by atoms with Crippen molar-refractivity contribution >= 4 is 8.80 Å². The van der Waals surface area contributed by atoms with Gasteiger partial charge in [-0.05, 0) is 29.8 Å². The summed E-state index contributed by atoms with van der Waals surface area (Å²) in [4.78, 5) is 0. The van der Waals surface area contributed by atoms with Gasteiger partial charge in [0, 0.05) is 8.80 Å². The Bertz CT molecular complexity index is 413. The van der Waals surface area contributed by atoms with Gasteiger partial charge >= 0.3 is 12.4 Å². The molecule has 1 rings (SSSR count). The van der Waals surface area contributed by atoms with E-state index in [0.717, 1.165) is 24.2 Å². The molecule has 114 valence electrons. The lowest BCUT2D eigenvalue weighted by atomic mass is 10.1. The van der Waals surface area contributed by atoms with Gasteiger partial charge in [0.1, 0.15) is 0 Å². The number of alkyl halides is 6. The highest BCUT2D eigenvalue weighted by atomic mass is 28.3. The maximum Gasteiger partial charge on any atom is 0.416 e. The third-order valence-corrected chi connectivity index (χ3v) is 6.68. The van der Waals surface area contributed by atoms with Crippen molar-refractivity contribution in [2.24, 2.45) is 0 Å². The maximum absolute atomic E-state index is 12.7. The molecule has 0 aliphatic heterocycles. The average molecular weight is 314 g/mol. The molecule has 0 amide bonds. The minimum atomic E-state index is -4.76. The lowest BCUT2D eigenvalue weighted by molar-refractivity contribution is -0.143. The summed E-state index contributed by atoms with van der Waals surface area (Å²) in [7, 11) is -1.30. The van der Waals surface area contributed by atoms with Gasteiger partial charge in [0.25, 0.3) is 0 Å². The Morgan fingerprint density at radius 2 is 1.20 bits per heavy atom. The quantitative estimate of drug-likeness (QED) is 0.537. The Morgan fingerprint density at radius 3 is 1.50 bits per heavy atom. The van der Waals surface area contributed by atoms with Crippen molar-refractivity contribution in [1.82, 2.24) is 0 Å². The van der Waals surface area contributed by atoms with Crippen LogP contribution in [0.5, 0.6) is 0 Å². The minimum Gasteiger partial charge on any atom is -0.166 e. The first kappa shape index (κ1) is 17.1. The van der Waals surface area contributed by atoms with Crippen LogP contribution in [0.1, 0.15) is 30.5 Å². The normalized spacial score (nSPS) is 13.1. The zero-order chi connectivity index (χ0) is 15.6. The van der Waals surface area contributed by atoms with Crippen LogP contribution in [0.25, 0.3) is 0 Å². The number of rotatable bonds is 4. The fourth-order valence-corrected chi connectivity index (χ4v) is 4.10. The Balaban J connectivity index is 3.24. The molecular weight excluding hydrogens is 298 g/mol. The fourth-order valence-electron chi connectivity index (χ4n) is 2.05. The number of benzene rings is 1. The Labute approximate surface area is 115 Å². The molecule has 0 heterocycles. The van der Waals surface area contributed by atoms with Gasteiger partial charge in [-0.2, -0.15) is 26.3 Å². The molecular formula is C13H16F6Si. The third kappa shape index (κ3) is 4.54. The molecule has 0 aliphatic carbocycles. The molecule has 1 aromatic rings. The lowest BCUT2D eigenvalue weighted by Gasteiger charge is -2.16. The first-order valence-electron chi connectivity index (χ1n) is 6.36. The van der Waals surface area contributed by atoms with Gasteiger partial charge < -0.3 is 0 Å². The number of hydrogen-bond donors (Lipinski definition) is 0. The molecule has 20 heavy (non-hydrogen) atoms. The second kappa shape index (κ2) is 6.20. The lowest BCUT2D eigenvalue weighted by Crippen LogP contribution is -2.17. The van der Waals surface area contributed by atoms with Crippen molar-refractivity contribution in [2.75, 3.05) is 0 Å². The summed E-state index contributed by atoms with van der Waals surface area (Å²) >= 11 is 0. The van der Waals surface area contributed by atoms with Crippen molar-refractivity contribution in [1.29, 1.82) is 0 Å².